The summed E-state index contributed by atoms with van der Waals surface area (Å²) in [6, 6.07) is 7.42. The maximum atomic E-state index is 11.9. The molecule has 0 bridgehead atoms. The number of hydrogen-bond acceptors (Lipinski definition) is 5. The van der Waals surface area contributed by atoms with Crippen molar-refractivity contribution in [2.75, 3.05) is 13.1 Å². The van der Waals surface area contributed by atoms with Gasteiger partial charge in [0.05, 0.1) is 0 Å². The number of carbonyl (C=O) groups is 1. The van der Waals surface area contributed by atoms with Gasteiger partial charge in [0.1, 0.15) is 11.2 Å². The molecule has 1 aliphatic rings. The fourth-order valence-corrected chi connectivity index (χ4v) is 3.63. The average Bonchev–Trinajstić information content (AvgIpc) is 2.54. The Morgan fingerprint density at radius 2 is 2.00 bits per heavy atom. The lowest BCUT2D eigenvalue weighted by molar-refractivity contribution is 0.0477. The first-order valence-electron chi connectivity index (χ1n) is 9.14. The number of carbonyl (C=O) groups excluding carboxylic acids is 1. The topological polar surface area (TPSA) is 71.8 Å². The van der Waals surface area contributed by atoms with Crippen molar-refractivity contribution in [1.29, 1.82) is 0 Å². The molecule has 1 aromatic carbocycles. The molecule has 3 rings (SSSR count). The molecular weight excluding hydrogens is 412 g/mol. The highest BCUT2D eigenvalue weighted by Crippen LogP contribution is 2.23. The van der Waals surface area contributed by atoms with E-state index < -0.39 is 5.60 Å². The van der Waals surface area contributed by atoms with Gasteiger partial charge in [-0.1, -0.05) is 15.9 Å². The van der Waals surface area contributed by atoms with Crippen LogP contribution in [0.15, 0.2) is 37.9 Å². The second kappa shape index (κ2) is 8.02. The molecule has 7 heteroatoms. The van der Waals surface area contributed by atoms with Crippen molar-refractivity contribution in [1.82, 2.24) is 10.2 Å². The Kier molecular flexibility index (Phi) is 5.91. The molecule has 2 aromatic rings. The fraction of sp³-hybridized carbons (Fsp3) is 0.500. The van der Waals surface area contributed by atoms with E-state index in [0.29, 0.717) is 12.1 Å². The van der Waals surface area contributed by atoms with E-state index in [4.69, 9.17) is 9.15 Å². The van der Waals surface area contributed by atoms with Gasteiger partial charge in [-0.3, -0.25) is 4.90 Å². The number of nitrogens with zero attached hydrogens (tertiary/aromatic N) is 1. The molecule has 0 saturated carbocycles. The van der Waals surface area contributed by atoms with Crippen LogP contribution in [0.25, 0.3) is 11.0 Å². The summed E-state index contributed by atoms with van der Waals surface area (Å²) in [6.45, 7) is 7.94. The van der Waals surface area contributed by atoms with Crippen molar-refractivity contribution in [3.63, 3.8) is 0 Å². The van der Waals surface area contributed by atoms with E-state index in [9.17, 15) is 9.59 Å². The molecule has 1 fully saturated rings. The van der Waals surface area contributed by atoms with Crippen LogP contribution in [0, 0.1) is 0 Å². The van der Waals surface area contributed by atoms with Gasteiger partial charge < -0.3 is 14.5 Å². The Morgan fingerprint density at radius 3 is 2.67 bits per heavy atom. The molecule has 0 radical (unpaired) electrons. The number of alkyl carbamates (subject to hydrolysis) is 1. The molecule has 0 aliphatic carbocycles. The van der Waals surface area contributed by atoms with E-state index in [1.54, 1.807) is 6.07 Å². The van der Waals surface area contributed by atoms with Crippen molar-refractivity contribution >= 4 is 33.0 Å². The van der Waals surface area contributed by atoms with Gasteiger partial charge in [-0.15, -0.1) is 0 Å². The number of nitrogens with one attached hydrogen (secondary N) is 1. The van der Waals surface area contributed by atoms with Crippen LogP contribution in [-0.4, -0.2) is 35.7 Å². The minimum Gasteiger partial charge on any atom is -0.444 e. The van der Waals surface area contributed by atoms with Gasteiger partial charge in [-0.2, -0.15) is 0 Å². The number of fused-ring (bicyclic) bond motifs is 1. The number of halogens is 1. The van der Waals surface area contributed by atoms with E-state index >= 15 is 0 Å². The monoisotopic (exact) mass is 436 g/mol. The van der Waals surface area contributed by atoms with Crippen LogP contribution in [0.2, 0.25) is 0 Å². The molecular formula is C20H25BrN2O4. The normalized spacial score (nSPS) is 16.4. The van der Waals surface area contributed by atoms with Gasteiger partial charge in [-0.25, -0.2) is 9.59 Å². The maximum Gasteiger partial charge on any atom is 0.407 e. The summed E-state index contributed by atoms with van der Waals surface area (Å²) in [6.07, 6.45) is 1.34. The molecule has 1 N–H and O–H groups in total. The minimum absolute atomic E-state index is 0.115. The number of likely N-dealkylation sites (tertiary alicyclic amines) is 1. The molecule has 1 aromatic heterocycles. The highest BCUT2D eigenvalue weighted by Gasteiger charge is 2.24. The third kappa shape index (κ3) is 5.56. The van der Waals surface area contributed by atoms with Crippen LogP contribution < -0.4 is 10.9 Å². The summed E-state index contributed by atoms with van der Waals surface area (Å²) in [7, 11) is 0. The summed E-state index contributed by atoms with van der Waals surface area (Å²) < 4.78 is 11.5. The Balaban J connectivity index is 1.61. The predicted molar refractivity (Wildman–Crippen MR) is 108 cm³/mol. The third-order valence-electron chi connectivity index (χ3n) is 4.49. The van der Waals surface area contributed by atoms with Gasteiger partial charge in [0, 0.05) is 41.6 Å². The average molecular weight is 437 g/mol. The predicted octanol–water partition coefficient (Wildman–Crippen LogP) is 4.04. The second-order valence-corrected chi connectivity index (χ2v) is 8.84. The van der Waals surface area contributed by atoms with E-state index in [0.717, 1.165) is 41.4 Å². The number of amides is 1. The Labute approximate surface area is 167 Å². The molecule has 146 valence electrons. The first kappa shape index (κ1) is 19.9. The SMILES string of the molecule is CC(C)(C)OC(=O)NC1CCN(Cc2cc(=O)oc3cc(Br)ccc23)CC1. The summed E-state index contributed by atoms with van der Waals surface area (Å²) in [5.74, 6) is 0. The number of piperidine rings is 1. The number of benzene rings is 1. The molecule has 1 aliphatic heterocycles. The Bertz CT molecular complexity index is 880. The van der Waals surface area contributed by atoms with E-state index in [1.807, 2.05) is 39.0 Å². The molecule has 1 amide bonds. The van der Waals surface area contributed by atoms with Crippen LogP contribution >= 0.6 is 15.9 Å². The van der Waals surface area contributed by atoms with Crippen LogP contribution in [0.4, 0.5) is 4.79 Å². The van der Waals surface area contributed by atoms with Crippen molar-refractivity contribution in [2.45, 2.75) is 51.8 Å². The molecule has 0 spiro atoms. The standard InChI is InChI=1S/C20H25BrN2O4/c1-20(2,3)27-19(25)22-15-6-8-23(9-7-15)12-13-10-18(24)26-17-11-14(21)4-5-16(13)17/h4-5,10-11,15H,6-9,12H2,1-3H3,(H,22,25). The molecule has 6 nitrogen and oxygen atoms in total. The zero-order valence-corrected chi connectivity index (χ0v) is 17.5. The summed E-state index contributed by atoms with van der Waals surface area (Å²) in [4.78, 5) is 26.1. The molecule has 27 heavy (non-hydrogen) atoms. The lowest BCUT2D eigenvalue weighted by Gasteiger charge is -2.33. The molecule has 0 unspecified atom stereocenters. The highest BCUT2D eigenvalue weighted by molar-refractivity contribution is 9.10. The zero-order chi connectivity index (χ0) is 19.6. The van der Waals surface area contributed by atoms with Crippen LogP contribution in [-0.2, 0) is 11.3 Å². The van der Waals surface area contributed by atoms with E-state index in [1.165, 1.54) is 0 Å². The van der Waals surface area contributed by atoms with Crippen LogP contribution in [0.1, 0.15) is 39.2 Å². The molecule has 2 heterocycles. The van der Waals surface area contributed by atoms with Gasteiger partial charge in [-0.05, 0) is 57.4 Å². The van der Waals surface area contributed by atoms with Gasteiger partial charge in [0.25, 0.3) is 0 Å². The first-order valence-corrected chi connectivity index (χ1v) is 9.93. The van der Waals surface area contributed by atoms with E-state index in [2.05, 4.69) is 26.1 Å². The van der Waals surface area contributed by atoms with Crippen molar-refractivity contribution in [2.24, 2.45) is 0 Å². The number of ether oxygens (including phenoxy) is 1. The van der Waals surface area contributed by atoms with Crippen molar-refractivity contribution in [3.8, 4) is 0 Å². The molecule has 1 saturated heterocycles. The van der Waals surface area contributed by atoms with Gasteiger partial charge >= 0.3 is 11.7 Å². The maximum absolute atomic E-state index is 11.9. The van der Waals surface area contributed by atoms with Crippen LogP contribution in [0.3, 0.4) is 0 Å². The Hall–Kier alpha value is -1.86. The third-order valence-corrected chi connectivity index (χ3v) is 4.99. The summed E-state index contributed by atoms with van der Waals surface area (Å²) >= 11 is 3.41. The van der Waals surface area contributed by atoms with Crippen molar-refractivity contribution in [3.05, 3.63) is 44.7 Å². The number of rotatable bonds is 3. The quantitative estimate of drug-likeness (QED) is 0.734. The minimum atomic E-state index is -0.491. The highest BCUT2D eigenvalue weighted by atomic mass is 79.9. The van der Waals surface area contributed by atoms with Crippen LogP contribution in [0.5, 0.6) is 0 Å². The summed E-state index contributed by atoms with van der Waals surface area (Å²) in [5, 5.41) is 3.90. The lowest BCUT2D eigenvalue weighted by Crippen LogP contribution is -2.45. The lowest BCUT2D eigenvalue weighted by atomic mass is 10.0. The Morgan fingerprint density at radius 1 is 1.30 bits per heavy atom. The van der Waals surface area contributed by atoms with Gasteiger partial charge in [0.2, 0.25) is 0 Å². The first-order chi connectivity index (χ1) is 12.7. The van der Waals surface area contributed by atoms with Gasteiger partial charge in [0.15, 0.2) is 0 Å². The number of hydrogen-bond donors (Lipinski definition) is 1. The summed E-state index contributed by atoms with van der Waals surface area (Å²) in [5.41, 5.74) is 0.729. The largest absolute Gasteiger partial charge is 0.444 e. The fourth-order valence-electron chi connectivity index (χ4n) is 3.29. The smallest absolute Gasteiger partial charge is 0.407 e. The molecule has 0 atom stereocenters. The van der Waals surface area contributed by atoms with E-state index in [-0.39, 0.29) is 17.8 Å². The van der Waals surface area contributed by atoms with Crippen molar-refractivity contribution < 1.29 is 13.9 Å². The zero-order valence-electron chi connectivity index (χ0n) is 15.9. The second-order valence-electron chi connectivity index (χ2n) is 7.93.